The van der Waals surface area contributed by atoms with E-state index in [1.165, 1.54) is 24.8 Å². The maximum atomic E-state index is 12.5. The van der Waals surface area contributed by atoms with Gasteiger partial charge < -0.3 is 10.1 Å². The lowest BCUT2D eigenvalue weighted by atomic mass is 10.1. The second-order valence-corrected chi connectivity index (χ2v) is 8.59. The molecular weight excluding hydrogens is 432 g/mol. The first-order valence-corrected chi connectivity index (χ1v) is 10.7. The van der Waals surface area contributed by atoms with E-state index in [9.17, 15) is 13.2 Å². The first-order valence-electron chi connectivity index (χ1n) is 8.46. The monoisotopic (exact) mass is 454 g/mol. The molecule has 2 aromatic carbocycles. The van der Waals surface area contributed by atoms with Crippen molar-refractivity contribution in [1.82, 2.24) is 10.0 Å². The lowest BCUT2D eigenvalue weighted by Crippen LogP contribution is -2.29. The highest BCUT2D eigenvalue weighted by Gasteiger charge is 2.18. The average molecular weight is 455 g/mol. The topological polar surface area (TPSA) is 84.5 Å². The molecule has 0 saturated heterocycles. The second kappa shape index (κ2) is 9.98. The normalized spacial score (nSPS) is 11.4. The number of sulfonamides is 1. The van der Waals surface area contributed by atoms with Crippen molar-refractivity contribution in [3.05, 3.63) is 63.6 Å². The molecular formula is C19H23BrN2O4S. The number of carbonyl (C=O) groups excluding carboxylic acids is 1. The summed E-state index contributed by atoms with van der Waals surface area (Å²) in [6.07, 6.45) is 0.701. The Morgan fingerprint density at radius 2 is 1.89 bits per heavy atom. The van der Waals surface area contributed by atoms with E-state index >= 15 is 0 Å². The van der Waals surface area contributed by atoms with Crippen LogP contribution < -0.4 is 10.0 Å². The Balaban J connectivity index is 2.06. The van der Waals surface area contributed by atoms with Crippen molar-refractivity contribution in [1.29, 1.82) is 0 Å². The van der Waals surface area contributed by atoms with Crippen molar-refractivity contribution in [3.8, 4) is 0 Å². The van der Waals surface area contributed by atoms with Crippen LogP contribution in [0.1, 0.15) is 21.5 Å². The second-order valence-electron chi connectivity index (χ2n) is 5.96. The Morgan fingerprint density at radius 3 is 2.59 bits per heavy atom. The maximum absolute atomic E-state index is 12.5. The summed E-state index contributed by atoms with van der Waals surface area (Å²) in [5.41, 5.74) is 2.60. The van der Waals surface area contributed by atoms with Crippen LogP contribution in [0.2, 0.25) is 0 Å². The molecule has 0 atom stereocenters. The van der Waals surface area contributed by atoms with Crippen LogP contribution in [0.4, 0.5) is 0 Å². The van der Waals surface area contributed by atoms with E-state index in [-0.39, 0.29) is 29.5 Å². The van der Waals surface area contributed by atoms with Crippen molar-refractivity contribution < 1.29 is 17.9 Å². The summed E-state index contributed by atoms with van der Waals surface area (Å²) in [6, 6.07) is 12.4. The number of halogens is 1. The number of carbonyl (C=O) groups is 1. The fraction of sp³-hybridized carbons (Fsp3) is 0.316. The van der Waals surface area contributed by atoms with E-state index in [2.05, 4.69) is 26.0 Å². The van der Waals surface area contributed by atoms with Crippen molar-refractivity contribution in [3.63, 3.8) is 0 Å². The zero-order valence-corrected chi connectivity index (χ0v) is 17.7. The number of hydrogen-bond donors (Lipinski definition) is 2. The molecule has 0 spiro atoms. The van der Waals surface area contributed by atoms with Gasteiger partial charge in [0, 0.05) is 24.7 Å². The molecule has 0 saturated carbocycles. The summed E-state index contributed by atoms with van der Waals surface area (Å²) < 4.78 is 32.4. The molecule has 2 rings (SSSR count). The predicted octanol–water partition coefficient (Wildman–Crippen LogP) is 2.65. The molecule has 0 aliphatic rings. The van der Waals surface area contributed by atoms with E-state index in [0.29, 0.717) is 17.4 Å². The van der Waals surface area contributed by atoms with Gasteiger partial charge in [0.1, 0.15) is 0 Å². The summed E-state index contributed by atoms with van der Waals surface area (Å²) in [5.74, 6) is -0.329. The molecule has 0 bridgehead atoms. The van der Waals surface area contributed by atoms with Gasteiger partial charge in [0.25, 0.3) is 5.91 Å². The van der Waals surface area contributed by atoms with Crippen LogP contribution in [0.3, 0.4) is 0 Å². The SMILES string of the molecule is COCCNS(=O)(=O)c1ccc(Br)c(C(=O)NCCc2ccccc2C)c1. The number of nitrogens with one attached hydrogen (secondary N) is 2. The van der Waals surface area contributed by atoms with Crippen LogP contribution in [-0.4, -0.2) is 41.1 Å². The highest BCUT2D eigenvalue weighted by Crippen LogP contribution is 2.21. The number of rotatable bonds is 9. The minimum Gasteiger partial charge on any atom is -0.383 e. The summed E-state index contributed by atoms with van der Waals surface area (Å²) >= 11 is 3.31. The number of amides is 1. The molecule has 2 aromatic rings. The van der Waals surface area contributed by atoms with Crippen molar-refractivity contribution >= 4 is 31.9 Å². The number of ether oxygens (including phenoxy) is 1. The summed E-state index contributed by atoms with van der Waals surface area (Å²) in [4.78, 5) is 12.5. The van der Waals surface area contributed by atoms with Crippen LogP contribution in [0, 0.1) is 6.92 Å². The minimum atomic E-state index is -3.71. The summed E-state index contributed by atoms with van der Waals surface area (Å²) in [5, 5.41) is 2.84. The molecule has 27 heavy (non-hydrogen) atoms. The average Bonchev–Trinajstić information content (AvgIpc) is 2.63. The van der Waals surface area contributed by atoms with Gasteiger partial charge in [-0.2, -0.15) is 0 Å². The summed E-state index contributed by atoms with van der Waals surface area (Å²) in [7, 11) is -2.21. The molecule has 146 valence electrons. The van der Waals surface area contributed by atoms with Crippen LogP contribution in [-0.2, 0) is 21.2 Å². The van der Waals surface area contributed by atoms with E-state index in [0.717, 1.165) is 5.56 Å². The van der Waals surface area contributed by atoms with Gasteiger partial charge in [-0.3, -0.25) is 4.79 Å². The number of benzene rings is 2. The minimum absolute atomic E-state index is 0.0332. The van der Waals surface area contributed by atoms with Crippen LogP contribution in [0.15, 0.2) is 51.8 Å². The van der Waals surface area contributed by atoms with E-state index in [4.69, 9.17) is 4.74 Å². The van der Waals surface area contributed by atoms with Crippen molar-refractivity contribution in [2.75, 3.05) is 26.8 Å². The highest BCUT2D eigenvalue weighted by molar-refractivity contribution is 9.10. The predicted molar refractivity (Wildman–Crippen MR) is 108 cm³/mol. The molecule has 8 heteroatoms. The van der Waals surface area contributed by atoms with Gasteiger partial charge in [-0.1, -0.05) is 24.3 Å². The molecule has 0 aromatic heterocycles. The first-order chi connectivity index (χ1) is 12.8. The Kier molecular flexibility index (Phi) is 7.97. The lowest BCUT2D eigenvalue weighted by Gasteiger charge is -2.11. The first kappa shape index (κ1) is 21.6. The molecule has 0 fully saturated rings. The molecule has 2 N–H and O–H groups in total. The molecule has 0 heterocycles. The number of hydrogen-bond acceptors (Lipinski definition) is 4. The standard InChI is InChI=1S/C19H23BrN2O4S/c1-14-5-3-4-6-15(14)9-10-21-19(23)17-13-16(7-8-18(17)20)27(24,25)22-11-12-26-2/h3-8,13,22H,9-12H2,1-2H3,(H,21,23). The third-order valence-corrected chi connectivity index (χ3v) is 6.18. The smallest absolute Gasteiger partial charge is 0.252 e. The quantitative estimate of drug-likeness (QED) is 0.570. The molecule has 1 amide bonds. The zero-order valence-electron chi connectivity index (χ0n) is 15.3. The van der Waals surface area contributed by atoms with Crippen LogP contribution in [0.25, 0.3) is 0 Å². The van der Waals surface area contributed by atoms with E-state index in [1.807, 2.05) is 31.2 Å². The summed E-state index contributed by atoms with van der Waals surface area (Å²) in [6.45, 7) is 2.91. The molecule has 0 aliphatic heterocycles. The Bertz CT molecular complexity index is 900. The van der Waals surface area contributed by atoms with Gasteiger partial charge in [0.2, 0.25) is 10.0 Å². The molecule has 0 unspecified atom stereocenters. The molecule has 6 nitrogen and oxygen atoms in total. The van der Waals surface area contributed by atoms with Gasteiger partial charge in [0.05, 0.1) is 17.1 Å². The van der Waals surface area contributed by atoms with Gasteiger partial charge in [-0.05, 0) is 58.6 Å². The third-order valence-electron chi connectivity index (χ3n) is 4.03. The van der Waals surface area contributed by atoms with E-state index in [1.54, 1.807) is 6.07 Å². The van der Waals surface area contributed by atoms with Gasteiger partial charge in [0.15, 0.2) is 0 Å². The molecule has 0 radical (unpaired) electrons. The fourth-order valence-electron chi connectivity index (χ4n) is 2.50. The van der Waals surface area contributed by atoms with Crippen LogP contribution >= 0.6 is 15.9 Å². The van der Waals surface area contributed by atoms with Gasteiger partial charge >= 0.3 is 0 Å². The Hall–Kier alpha value is -1.74. The number of methoxy groups -OCH3 is 1. The third kappa shape index (κ3) is 6.14. The Morgan fingerprint density at radius 1 is 1.15 bits per heavy atom. The zero-order chi connectivity index (χ0) is 19.9. The number of aryl methyl sites for hydroxylation is 1. The van der Waals surface area contributed by atoms with Crippen LogP contribution in [0.5, 0.6) is 0 Å². The van der Waals surface area contributed by atoms with Crippen molar-refractivity contribution in [2.24, 2.45) is 0 Å². The van der Waals surface area contributed by atoms with E-state index < -0.39 is 10.0 Å². The maximum Gasteiger partial charge on any atom is 0.252 e. The van der Waals surface area contributed by atoms with Gasteiger partial charge in [-0.25, -0.2) is 13.1 Å². The van der Waals surface area contributed by atoms with Gasteiger partial charge in [-0.15, -0.1) is 0 Å². The highest BCUT2D eigenvalue weighted by atomic mass is 79.9. The Labute approximate surface area is 168 Å². The largest absolute Gasteiger partial charge is 0.383 e. The van der Waals surface area contributed by atoms with Crippen molar-refractivity contribution in [2.45, 2.75) is 18.2 Å². The molecule has 0 aliphatic carbocycles. The lowest BCUT2D eigenvalue weighted by molar-refractivity contribution is 0.0953. The fourth-order valence-corrected chi connectivity index (χ4v) is 3.97.